The number of benzene rings is 1. The molecule has 3 aromatic rings. The summed E-state index contributed by atoms with van der Waals surface area (Å²) < 4.78 is 1.76. The summed E-state index contributed by atoms with van der Waals surface area (Å²) in [7, 11) is 0. The van der Waals surface area contributed by atoms with Gasteiger partial charge < -0.3 is 4.90 Å². The molecule has 0 saturated carbocycles. The average Bonchev–Trinajstić information content (AvgIpc) is 3.25. The van der Waals surface area contributed by atoms with Crippen molar-refractivity contribution in [1.29, 1.82) is 0 Å². The summed E-state index contributed by atoms with van der Waals surface area (Å²) >= 11 is 1.35. The van der Waals surface area contributed by atoms with Crippen molar-refractivity contribution in [3.8, 4) is 0 Å². The Balaban J connectivity index is 1.74. The number of carbonyl (C=O) groups is 1. The van der Waals surface area contributed by atoms with E-state index in [-0.39, 0.29) is 11.5 Å². The zero-order valence-corrected chi connectivity index (χ0v) is 15.8. The van der Waals surface area contributed by atoms with Gasteiger partial charge in [0.1, 0.15) is 10.7 Å². The monoisotopic (exact) mass is 367 g/mol. The molecule has 1 aliphatic rings. The lowest BCUT2D eigenvalue weighted by Crippen LogP contribution is -2.30. The molecule has 5 nitrogen and oxygen atoms in total. The maximum absolute atomic E-state index is 13.1. The van der Waals surface area contributed by atoms with Gasteiger partial charge in [0.15, 0.2) is 0 Å². The van der Waals surface area contributed by atoms with Gasteiger partial charge in [0.25, 0.3) is 11.5 Å². The Morgan fingerprint density at radius 1 is 1.31 bits per heavy atom. The van der Waals surface area contributed by atoms with E-state index >= 15 is 0 Å². The van der Waals surface area contributed by atoms with Gasteiger partial charge in [-0.05, 0) is 31.4 Å². The molecule has 0 saturated heterocycles. The van der Waals surface area contributed by atoms with E-state index in [1.54, 1.807) is 4.57 Å². The normalized spacial score (nSPS) is 13.2. The highest BCUT2D eigenvalue weighted by Gasteiger charge is 2.25. The van der Waals surface area contributed by atoms with Crippen LogP contribution in [0.4, 0.5) is 0 Å². The van der Waals surface area contributed by atoms with Crippen molar-refractivity contribution in [2.45, 2.75) is 39.8 Å². The summed E-state index contributed by atoms with van der Waals surface area (Å²) in [6, 6.07) is 9.96. The molecule has 0 atom stereocenters. The van der Waals surface area contributed by atoms with Crippen LogP contribution in [0.5, 0.6) is 0 Å². The molecular formula is C20H21N3O2S. The molecule has 0 N–H and O–H groups in total. The van der Waals surface area contributed by atoms with Gasteiger partial charge in [0.2, 0.25) is 0 Å². The van der Waals surface area contributed by atoms with Gasteiger partial charge >= 0.3 is 0 Å². The molecule has 1 aliphatic heterocycles. The number of rotatable bonds is 4. The smallest absolute Gasteiger partial charge is 0.264 e. The number of fused-ring (bicyclic) bond motifs is 2. The van der Waals surface area contributed by atoms with Crippen LogP contribution in [-0.2, 0) is 19.5 Å². The molecular weight excluding hydrogens is 346 g/mol. The third kappa shape index (κ3) is 2.74. The van der Waals surface area contributed by atoms with Crippen LogP contribution in [0.25, 0.3) is 10.2 Å². The molecule has 1 amide bonds. The second-order valence-corrected chi connectivity index (χ2v) is 7.63. The molecule has 0 fully saturated rings. The van der Waals surface area contributed by atoms with E-state index in [1.807, 2.05) is 49.1 Å². The highest BCUT2D eigenvalue weighted by Crippen LogP contribution is 2.30. The van der Waals surface area contributed by atoms with Crippen molar-refractivity contribution in [3.05, 3.63) is 62.5 Å². The lowest BCUT2D eigenvalue weighted by molar-refractivity contribution is 0.0757. The maximum Gasteiger partial charge on any atom is 0.264 e. The van der Waals surface area contributed by atoms with Gasteiger partial charge in [-0.3, -0.25) is 14.2 Å². The van der Waals surface area contributed by atoms with Gasteiger partial charge in [0, 0.05) is 26.1 Å². The number of thiophene rings is 1. The van der Waals surface area contributed by atoms with E-state index in [9.17, 15) is 9.59 Å². The zero-order valence-electron chi connectivity index (χ0n) is 15.0. The van der Waals surface area contributed by atoms with Crippen LogP contribution in [0.3, 0.4) is 0 Å². The molecule has 0 bridgehead atoms. The van der Waals surface area contributed by atoms with Crippen LogP contribution < -0.4 is 5.56 Å². The lowest BCUT2D eigenvalue weighted by Gasteiger charge is -2.20. The molecule has 0 spiro atoms. The first kappa shape index (κ1) is 17.0. The SMILES string of the molecule is CCN(Cc1ccccc1)C(=O)c1sc2nc3n(c(=O)c2c1C)CCC3. The number of hydrogen-bond donors (Lipinski definition) is 0. The molecule has 134 valence electrons. The van der Waals surface area contributed by atoms with E-state index in [0.29, 0.717) is 28.2 Å². The minimum atomic E-state index is -0.0265. The topological polar surface area (TPSA) is 55.2 Å². The minimum Gasteiger partial charge on any atom is -0.334 e. The highest BCUT2D eigenvalue weighted by molar-refractivity contribution is 7.20. The molecule has 26 heavy (non-hydrogen) atoms. The van der Waals surface area contributed by atoms with Crippen molar-refractivity contribution in [2.24, 2.45) is 0 Å². The zero-order chi connectivity index (χ0) is 18.3. The molecule has 0 aliphatic carbocycles. The van der Waals surface area contributed by atoms with Crippen molar-refractivity contribution >= 4 is 27.5 Å². The first-order chi connectivity index (χ1) is 12.6. The molecule has 6 heteroatoms. The highest BCUT2D eigenvalue weighted by atomic mass is 32.1. The van der Waals surface area contributed by atoms with Gasteiger partial charge in [-0.15, -0.1) is 11.3 Å². The van der Waals surface area contributed by atoms with Gasteiger partial charge in [0.05, 0.1) is 10.3 Å². The Kier molecular flexibility index (Phi) is 4.36. The Labute approximate surface area is 155 Å². The van der Waals surface area contributed by atoms with Crippen LogP contribution in [-0.4, -0.2) is 26.9 Å². The fraction of sp³-hybridized carbons (Fsp3) is 0.350. The third-order valence-corrected chi connectivity index (χ3v) is 6.16. The Morgan fingerprint density at radius 3 is 2.81 bits per heavy atom. The fourth-order valence-electron chi connectivity index (χ4n) is 3.55. The van der Waals surface area contributed by atoms with E-state index < -0.39 is 0 Å². The first-order valence-electron chi connectivity index (χ1n) is 8.96. The molecule has 0 unspecified atom stereocenters. The third-order valence-electron chi connectivity index (χ3n) is 4.99. The predicted molar refractivity (Wildman–Crippen MR) is 104 cm³/mol. The molecule has 3 heterocycles. The Morgan fingerprint density at radius 2 is 2.08 bits per heavy atom. The van der Waals surface area contributed by atoms with Gasteiger partial charge in [-0.2, -0.15) is 0 Å². The van der Waals surface area contributed by atoms with Crippen LogP contribution in [0.1, 0.15) is 40.0 Å². The maximum atomic E-state index is 13.1. The summed E-state index contributed by atoms with van der Waals surface area (Å²) in [6.07, 6.45) is 1.80. The predicted octanol–water partition coefficient (Wildman–Crippen LogP) is 3.37. The molecule has 4 rings (SSSR count). The standard InChI is InChI=1S/C20H21N3O2S/c1-3-22(12-14-8-5-4-6-9-14)20(25)17-13(2)16-18(26-17)21-15-10-7-11-23(15)19(16)24/h4-6,8-9H,3,7,10-12H2,1-2H3. The van der Waals surface area contributed by atoms with Crippen molar-refractivity contribution in [1.82, 2.24) is 14.5 Å². The summed E-state index contributed by atoms with van der Waals surface area (Å²) in [5, 5.41) is 0.611. The second kappa shape index (κ2) is 6.68. The number of amides is 1. The number of hydrogen-bond acceptors (Lipinski definition) is 4. The Hall–Kier alpha value is -2.47. The Bertz CT molecular complexity index is 1040. The van der Waals surface area contributed by atoms with Crippen molar-refractivity contribution in [2.75, 3.05) is 6.54 Å². The van der Waals surface area contributed by atoms with Gasteiger partial charge in [-0.25, -0.2) is 4.98 Å². The van der Waals surface area contributed by atoms with E-state index in [1.165, 1.54) is 11.3 Å². The largest absolute Gasteiger partial charge is 0.334 e. The van der Waals surface area contributed by atoms with Crippen LogP contribution in [0.2, 0.25) is 0 Å². The number of aromatic nitrogens is 2. The van der Waals surface area contributed by atoms with E-state index in [2.05, 4.69) is 4.98 Å². The van der Waals surface area contributed by atoms with Crippen LogP contribution in [0, 0.1) is 6.92 Å². The minimum absolute atomic E-state index is 0.00130. The van der Waals surface area contributed by atoms with Crippen molar-refractivity contribution < 1.29 is 4.79 Å². The van der Waals surface area contributed by atoms with Crippen LogP contribution >= 0.6 is 11.3 Å². The van der Waals surface area contributed by atoms with Gasteiger partial charge in [-0.1, -0.05) is 30.3 Å². The summed E-state index contributed by atoms with van der Waals surface area (Å²) in [4.78, 5) is 33.8. The fourth-order valence-corrected chi connectivity index (χ4v) is 4.71. The van der Waals surface area contributed by atoms with E-state index in [4.69, 9.17) is 0 Å². The number of nitrogens with zero attached hydrogens (tertiary/aromatic N) is 3. The average molecular weight is 367 g/mol. The summed E-state index contributed by atoms with van der Waals surface area (Å²) in [6.45, 7) is 5.75. The first-order valence-corrected chi connectivity index (χ1v) is 9.77. The van der Waals surface area contributed by atoms with Crippen LogP contribution in [0.15, 0.2) is 35.1 Å². The molecule has 0 radical (unpaired) electrons. The van der Waals surface area contributed by atoms with Crippen molar-refractivity contribution in [3.63, 3.8) is 0 Å². The summed E-state index contributed by atoms with van der Waals surface area (Å²) in [5.74, 6) is 0.820. The van der Waals surface area contributed by atoms with E-state index in [0.717, 1.165) is 36.3 Å². The quantitative estimate of drug-likeness (QED) is 0.710. The molecule has 1 aromatic carbocycles. The number of carbonyl (C=O) groups excluding carboxylic acids is 1. The number of aryl methyl sites for hydroxylation is 2. The second-order valence-electron chi connectivity index (χ2n) is 6.63. The molecule has 2 aromatic heterocycles. The summed E-state index contributed by atoms with van der Waals surface area (Å²) in [5.41, 5.74) is 1.86. The lowest BCUT2D eigenvalue weighted by atomic mass is 10.1.